The Labute approximate surface area is 190 Å². The van der Waals surface area contributed by atoms with Crippen LogP contribution in [0.3, 0.4) is 0 Å². The number of ether oxygens (including phenoxy) is 2. The van der Waals surface area contributed by atoms with Gasteiger partial charge in [-0.05, 0) is 44.9 Å². The fourth-order valence-electron chi connectivity index (χ4n) is 3.64. The van der Waals surface area contributed by atoms with E-state index in [9.17, 15) is 4.79 Å². The van der Waals surface area contributed by atoms with Crippen LogP contribution in [-0.2, 0) is 18.3 Å². The van der Waals surface area contributed by atoms with Crippen molar-refractivity contribution < 1.29 is 14.3 Å². The van der Waals surface area contributed by atoms with Gasteiger partial charge in [0.05, 0.1) is 25.1 Å². The molecule has 1 aliphatic heterocycles. The van der Waals surface area contributed by atoms with Gasteiger partial charge in [0.15, 0.2) is 17.5 Å². The topological polar surface area (TPSA) is 84.2 Å². The van der Waals surface area contributed by atoms with Gasteiger partial charge in [-0.25, -0.2) is 0 Å². The fourth-order valence-corrected chi connectivity index (χ4v) is 3.64. The zero-order valence-electron chi connectivity index (χ0n) is 19.5. The quantitative estimate of drug-likeness (QED) is 0.473. The number of anilines is 1. The molecule has 2 aromatic rings. The molecule has 0 atom stereocenters. The Bertz CT molecular complexity index is 926. The molecule has 2 heterocycles. The maximum absolute atomic E-state index is 12.7. The summed E-state index contributed by atoms with van der Waals surface area (Å²) in [6.07, 6.45) is 4.35. The molecule has 0 radical (unpaired) electrons. The van der Waals surface area contributed by atoms with Crippen molar-refractivity contribution >= 4 is 17.6 Å². The highest BCUT2D eigenvalue weighted by molar-refractivity contribution is 5.98. The summed E-state index contributed by atoms with van der Waals surface area (Å²) in [5.74, 6) is 2.34. The van der Waals surface area contributed by atoms with Gasteiger partial charge >= 0.3 is 0 Å². The van der Waals surface area contributed by atoms with Crippen LogP contribution in [0.25, 0.3) is 0 Å². The summed E-state index contributed by atoms with van der Waals surface area (Å²) in [5.41, 5.74) is 1.97. The van der Waals surface area contributed by atoms with Gasteiger partial charge in [-0.15, -0.1) is 0 Å². The maximum atomic E-state index is 12.7. The van der Waals surface area contributed by atoms with Crippen LogP contribution in [0.1, 0.15) is 26.3 Å². The normalized spacial score (nSPS) is 14.6. The van der Waals surface area contributed by atoms with Gasteiger partial charge in [-0.2, -0.15) is 5.10 Å². The lowest BCUT2D eigenvalue weighted by Gasteiger charge is -2.35. The van der Waals surface area contributed by atoms with Crippen LogP contribution < -0.4 is 19.7 Å². The molecule has 0 unspecified atom stereocenters. The molecule has 9 heteroatoms. The van der Waals surface area contributed by atoms with Crippen molar-refractivity contribution in [1.82, 2.24) is 20.0 Å². The van der Waals surface area contributed by atoms with Gasteiger partial charge in [0, 0.05) is 39.4 Å². The van der Waals surface area contributed by atoms with E-state index in [2.05, 4.69) is 10.4 Å². The monoisotopic (exact) mass is 442 g/mol. The number of piperazine rings is 1. The summed E-state index contributed by atoms with van der Waals surface area (Å²) in [5, 5.41) is 7.49. The predicted octanol–water partition coefficient (Wildman–Crippen LogP) is 2.07. The number of aryl methyl sites for hydroxylation is 1. The molecule has 174 valence electrons. The van der Waals surface area contributed by atoms with Crippen LogP contribution in [0, 0.1) is 0 Å². The van der Waals surface area contributed by atoms with E-state index in [1.54, 1.807) is 15.8 Å². The van der Waals surface area contributed by atoms with E-state index < -0.39 is 0 Å². The smallest absolute Gasteiger partial charge is 0.246 e. The van der Waals surface area contributed by atoms with Crippen LogP contribution in [0.15, 0.2) is 35.6 Å². The highest BCUT2D eigenvalue weighted by Gasteiger charge is 2.27. The third-order valence-corrected chi connectivity index (χ3v) is 5.13. The lowest BCUT2D eigenvalue weighted by Crippen LogP contribution is -2.55. The molecular formula is C23H34N6O3. The van der Waals surface area contributed by atoms with Crippen LogP contribution in [0.2, 0.25) is 0 Å². The number of hydrogen-bond acceptors (Lipinski definition) is 5. The highest BCUT2D eigenvalue weighted by atomic mass is 16.5. The first kappa shape index (κ1) is 23.4. The second kappa shape index (κ2) is 11.4. The van der Waals surface area contributed by atoms with Crippen molar-refractivity contribution in [2.75, 3.05) is 50.8 Å². The van der Waals surface area contributed by atoms with Gasteiger partial charge in [-0.1, -0.05) is 6.07 Å². The molecule has 1 aliphatic rings. The van der Waals surface area contributed by atoms with Gasteiger partial charge in [0.1, 0.15) is 6.54 Å². The molecule has 1 aromatic carbocycles. The number of nitrogens with zero attached hydrogens (tertiary/aromatic N) is 5. The van der Waals surface area contributed by atoms with Crippen molar-refractivity contribution in [2.45, 2.75) is 27.2 Å². The first-order valence-electron chi connectivity index (χ1n) is 11.3. The number of carbonyl (C=O) groups excluding carboxylic acids is 1. The number of aliphatic imine (C=N–C) groups is 1. The molecule has 32 heavy (non-hydrogen) atoms. The van der Waals surface area contributed by atoms with Crippen molar-refractivity contribution in [3.05, 3.63) is 36.2 Å². The standard InChI is InChI=1S/C23H34N6O3/c1-5-24-23(28-12-13-29(22(30)17-28)19-15-26-27(4)16-19)25-11-10-18-8-9-20(31-6-2)21(14-18)32-7-3/h8-9,14-16H,5-7,10-13,17H2,1-4H3,(H,24,25). The number of nitrogens with one attached hydrogen (secondary N) is 1. The predicted molar refractivity (Wildman–Crippen MR) is 126 cm³/mol. The van der Waals surface area contributed by atoms with Crippen molar-refractivity contribution in [1.29, 1.82) is 0 Å². The average molecular weight is 443 g/mol. The minimum atomic E-state index is 0.0442. The van der Waals surface area contributed by atoms with Gasteiger partial charge < -0.3 is 24.6 Å². The number of carbonyl (C=O) groups is 1. The number of guanidine groups is 1. The Balaban J connectivity index is 1.63. The minimum Gasteiger partial charge on any atom is -0.490 e. The third-order valence-electron chi connectivity index (χ3n) is 5.13. The Kier molecular flexibility index (Phi) is 8.35. The SMILES string of the molecule is CCNC(=NCCc1ccc(OCC)c(OCC)c1)N1CCN(c2cnn(C)c2)C(=O)C1. The minimum absolute atomic E-state index is 0.0442. The van der Waals surface area contributed by atoms with Crippen LogP contribution >= 0.6 is 0 Å². The fraction of sp³-hybridized carbons (Fsp3) is 0.522. The summed E-state index contributed by atoms with van der Waals surface area (Å²) in [6, 6.07) is 6.02. The van der Waals surface area contributed by atoms with Crippen LogP contribution in [0.5, 0.6) is 11.5 Å². The van der Waals surface area contributed by atoms with E-state index >= 15 is 0 Å². The van der Waals surface area contributed by atoms with E-state index in [0.29, 0.717) is 32.8 Å². The van der Waals surface area contributed by atoms with Crippen molar-refractivity contribution in [3.8, 4) is 11.5 Å². The summed E-state index contributed by atoms with van der Waals surface area (Å²) in [6.45, 7) is 10.1. The van der Waals surface area contributed by atoms with E-state index in [1.165, 1.54) is 0 Å². The molecule has 0 bridgehead atoms. The Morgan fingerprint density at radius 1 is 1.16 bits per heavy atom. The molecule has 0 aliphatic carbocycles. The largest absolute Gasteiger partial charge is 0.490 e. The molecule has 1 saturated heterocycles. The summed E-state index contributed by atoms with van der Waals surface area (Å²) < 4.78 is 13.1. The molecule has 0 spiro atoms. The number of aromatic nitrogens is 2. The molecule has 1 N–H and O–H groups in total. The zero-order valence-corrected chi connectivity index (χ0v) is 19.5. The van der Waals surface area contributed by atoms with E-state index in [4.69, 9.17) is 14.5 Å². The maximum Gasteiger partial charge on any atom is 0.246 e. The van der Waals surface area contributed by atoms with Crippen molar-refractivity contribution in [2.24, 2.45) is 12.0 Å². The first-order valence-corrected chi connectivity index (χ1v) is 11.3. The molecule has 1 fully saturated rings. The Morgan fingerprint density at radius 3 is 2.59 bits per heavy atom. The first-order chi connectivity index (χ1) is 15.5. The van der Waals surface area contributed by atoms with Gasteiger partial charge in [-0.3, -0.25) is 14.5 Å². The second-order valence-corrected chi connectivity index (χ2v) is 7.47. The van der Waals surface area contributed by atoms with Crippen LogP contribution in [0.4, 0.5) is 5.69 Å². The van der Waals surface area contributed by atoms with E-state index in [-0.39, 0.29) is 12.5 Å². The number of rotatable bonds is 9. The lowest BCUT2D eigenvalue weighted by molar-refractivity contribution is -0.120. The molecule has 9 nitrogen and oxygen atoms in total. The number of hydrogen-bond donors (Lipinski definition) is 1. The lowest BCUT2D eigenvalue weighted by atomic mass is 10.1. The van der Waals surface area contributed by atoms with Crippen molar-refractivity contribution in [3.63, 3.8) is 0 Å². The molecule has 1 aromatic heterocycles. The van der Waals surface area contributed by atoms with E-state index in [0.717, 1.165) is 41.7 Å². The summed E-state index contributed by atoms with van der Waals surface area (Å²) in [4.78, 5) is 21.3. The Morgan fingerprint density at radius 2 is 1.94 bits per heavy atom. The highest BCUT2D eigenvalue weighted by Crippen LogP contribution is 2.28. The van der Waals surface area contributed by atoms with Crippen LogP contribution in [-0.4, -0.2) is 72.5 Å². The Hall–Kier alpha value is -3.23. The second-order valence-electron chi connectivity index (χ2n) is 7.47. The molecular weight excluding hydrogens is 408 g/mol. The van der Waals surface area contributed by atoms with Gasteiger partial charge in [0.25, 0.3) is 0 Å². The zero-order chi connectivity index (χ0) is 22.9. The summed E-state index contributed by atoms with van der Waals surface area (Å²) in [7, 11) is 1.85. The molecule has 0 saturated carbocycles. The average Bonchev–Trinajstić information content (AvgIpc) is 3.21. The number of amides is 1. The molecule has 1 amide bonds. The third kappa shape index (κ3) is 5.93. The summed E-state index contributed by atoms with van der Waals surface area (Å²) >= 11 is 0. The number of benzene rings is 1. The van der Waals surface area contributed by atoms with Gasteiger partial charge in [0.2, 0.25) is 5.91 Å². The van der Waals surface area contributed by atoms with E-state index in [1.807, 2.05) is 57.1 Å². The molecule has 3 rings (SSSR count).